The van der Waals surface area contributed by atoms with Crippen LogP contribution >= 0.6 is 0 Å². The van der Waals surface area contributed by atoms with Crippen molar-refractivity contribution in [3.63, 3.8) is 0 Å². The van der Waals surface area contributed by atoms with E-state index in [9.17, 15) is 13.2 Å². The average molecular weight is 228 g/mol. The van der Waals surface area contributed by atoms with Crippen LogP contribution in [0, 0.1) is 0 Å². The van der Waals surface area contributed by atoms with Crippen LogP contribution in [0.5, 0.6) is 0 Å². The topological polar surface area (TPSA) is 17.3 Å². The number of rotatable bonds is 1. The van der Waals surface area contributed by atoms with Crippen molar-refractivity contribution in [2.24, 2.45) is 0 Å². The number of fused-ring (bicyclic) bond motifs is 1. The average Bonchev–Trinajstić information content (AvgIpc) is 2.58. The summed E-state index contributed by atoms with van der Waals surface area (Å²) < 4.78 is 38.7. The van der Waals surface area contributed by atoms with Crippen LogP contribution in [0.15, 0.2) is 24.5 Å². The Morgan fingerprint density at radius 1 is 1.31 bits per heavy atom. The summed E-state index contributed by atoms with van der Waals surface area (Å²) in [5.74, 6) is 0.274. The van der Waals surface area contributed by atoms with E-state index in [1.54, 1.807) is 12.1 Å². The molecule has 0 aliphatic rings. The Morgan fingerprint density at radius 3 is 2.56 bits per heavy atom. The first-order valence-corrected chi connectivity index (χ1v) is 4.94. The molecule has 2 heterocycles. The molecule has 5 heteroatoms. The summed E-state index contributed by atoms with van der Waals surface area (Å²) in [7, 11) is 0. The molecule has 0 saturated carbocycles. The third-order valence-electron chi connectivity index (χ3n) is 2.49. The molecule has 2 nitrogen and oxygen atoms in total. The molecule has 0 fully saturated rings. The molecule has 0 amide bonds. The van der Waals surface area contributed by atoms with E-state index in [4.69, 9.17) is 0 Å². The summed E-state index contributed by atoms with van der Waals surface area (Å²) in [6.45, 7) is 3.97. The number of alkyl halides is 3. The van der Waals surface area contributed by atoms with Gasteiger partial charge in [-0.2, -0.15) is 13.2 Å². The molecule has 2 aromatic rings. The third-order valence-corrected chi connectivity index (χ3v) is 2.49. The van der Waals surface area contributed by atoms with E-state index in [1.165, 1.54) is 6.20 Å². The standard InChI is InChI=1S/C11H11F3N2/c1-7(2)8-3-4-16-9(11(12,13)14)6-15-10(16)5-8/h3-7H,1-2H3. The van der Waals surface area contributed by atoms with E-state index in [2.05, 4.69) is 4.98 Å². The van der Waals surface area contributed by atoms with Crippen LogP contribution in [0.25, 0.3) is 5.65 Å². The Kier molecular flexibility index (Phi) is 2.40. The first-order chi connectivity index (χ1) is 7.39. The van der Waals surface area contributed by atoms with Gasteiger partial charge < -0.3 is 0 Å². The van der Waals surface area contributed by atoms with Crippen LogP contribution in [0.3, 0.4) is 0 Å². The van der Waals surface area contributed by atoms with Crippen LogP contribution in [0.1, 0.15) is 31.0 Å². The summed E-state index contributed by atoms with van der Waals surface area (Å²) in [6, 6.07) is 3.37. The normalized spacial score (nSPS) is 12.6. The number of aromatic nitrogens is 2. The van der Waals surface area contributed by atoms with Gasteiger partial charge in [0.15, 0.2) is 0 Å². The number of hydrogen-bond acceptors (Lipinski definition) is 1. The number of nitrogens with zero attached hydrogens (tertiary/aromatic N) is 2. The largest absolute Gasteiger partial charge is 0.433 e. The second-order valence-corrected chi connectivity index (χ2v) is 3.98. The highest BCUT2D eigenvalue weighted by molar-refractivity contribution is 5.44. The molecule has 0 atom stereocenters. The van der Waals surface area contributed by atoms with Crippen molar-refractivity contribution in [1.29, 1.82) is 0 Å². The maximum Gasteiger partial charge on any atom is 0.433 e. The first kappa shape index (κ1) is 11.0. The van der Waals surface area contributed by atoms with Gasteiger partial charge in [-0.3, -0.25) is 4.40 Å². The molecular weight excluding hydrogens is 217 g/mol. The molecule has 0 spiro atoms. The summed E-state index contributed by atoms with van der Waals surface area (Å²) in [6.07, 6.45) is -2.08. The highest BCUT2D eigenvalue weighted by Crippen LogP contribution is 2.30. The quantitative estimate of drug-likeness (QED) is 0.730. The Hall–Kier alpha value is -1.52. The minimum Gasteiger partial charge on any atom is -0.296 e. The molecule has 0 radical (unpaired) electrons. The molecular formula is C11H11F3N2. The van der Waals surface area contributed by atoms with Crippen molar-refractivity contribution in [2.45, 2.75) is 25.9 Å². The molecule has 0 aromatic carbocycles. The fourth-order valence-electron chi connectivity index (χ4n) is 1.57. The van der Waals surface area contributed by atoms with Gasteiger partial charge in [0, 0.05) is 6.20 Å². The number of pyridine rings is 1. The van der Waals surface area contributed by atoms with Gasteiger partial charge in [0.25, 0.3) is 0 Å². The fourth-order valence-corrected chi connectivity index (χ4v) is 1.57. The van der Waals surface area contributed by atoms with E-state index in [-0.39, 0.29) is 5.92 Å². The van der Waals surface area contributed by atoms with Gasteiger partial charge in [-0.05, 0) is 23.6 Å². The van der Waals surface area contributed by atoms with Gasteiger partial charge in [-0.25, -0.2) is 4.98 Å². The fraction of sp³-hybridized carbons (Fsp3) is 0.364. The van der Waals surface area contributed by atoms with Crippen LogP contribution in [0.4, 0.5) is 13.2 Å². The van der Waals surface area contributed by atoms with Crippen molar-refractivity contribution in [3.05, 3.63) is 35.8 Å². The Bertz CT molecular complexity index is 511. The van der Waals surface area contributed by atoms with Crippen LogP contribution in [-0.4, -0.2) is 9.38 Å². The minimum atomic E-state index is -4.36. The molecule has 16 heavy (non-hydrogen) atoms. The van der Waals surface area contributed by atoms with E-state index in [0.29, 0.717) is 5.65 Å². The first-order valence-electron chi connectivity index (χ1n) is 4.94. The lowest BCUT2D eigenvalue weighted by Crippen LogP contribution is -2.08. The maximum absolute atomic E-state index is 12.5. The zero-order valence-corrected chi connectivity index (χ0v) is 8.92. The summed E-state index contributed by atoms with van der Waals surface area (Å²) in [4.78, 5) is 3.77. The SMILES string of the molecule is CC(C)c1ccn2c(C(F)(F)F)cnc2c1. The van der Waals surface area contributed by atoms with E-state index in [1.807, 2.05) is 13.8 Å². The Morgan fingerprint density at radius 2 is 2.00 bits per heavy atom. The number of halogens is 3. The van der Waals surface area contributed by atoms with Gasteiger partial charge in [-0.15, -0.1) is 0 Å². The van der Waals surface area contributed by atoms with E-state index < -0.39 is 11.9 Å². The lowest BCUT2D eigenvalue weighted by molar-refractivity contribution is -0.141. The molecule has 2 rings (SSSR count). The molecule has 0 N–H and O–H groups in total. The summed E-state index contributed by atoms with van der Waals surface area (Å²) >= 11 is 0. The van der Waals surface area contributed by atoms with E-state index in [0.717, 1.165) is 16.2 Å². The van der Waals surface area contributed by atoms with Crippen molar-refractivity contribution >= 4 is 5.65 Å². The summed E-state index contributed by atoms with van der Waals surface area (Å²) in [5, 5.41) is 0. The van der Waals surface area contributed by atoms with Crippen molar-refractivity contribution in [2.75, 3.05) is 0 Å². The maximum atomic E-state index is 12.5. The van der Waals surface area contributed by atoms with Gasteiger partial charge >= 0.3 is 6.18 Å². The molecule has 0 bridgehead atoms. The van der Waals surface area contributed by atoms with Crippen molar-refractivity contribution < 1.29 is 13.2 Å². The molecule has 0 saturated heterocycles. The molecule has 86 valence electrons. The highest BCUT2D eigenvalue weighted by Gasteiger charge is 2.34. The number of imidazole rings is 1. The van der Waals surface area contributed by atoms with Crippen LogP contribution in [0.2, 0.25) is 0 Å². The van der Waals surface area contributed by atoms with Gasteiger partial charge in [0.1, 0.15) is 11.3 Å². The Labute approximate surface area is 90.7 Å². The lowest BCUT2D eigenvalue weighted by atomic mass is 10.1. The van der Waals surface area contributed by atoms with Gasteiger partial charge in [-0.1, -0.05) is 13.8 Å². The zero-order chi connectivity index (χ0) is 11.9. The van der Waals surface area contributed by atoms with Gasteiger partial charge in [0.05, 0.1) is 6.20 Å². The molecule has 0 unspecified atom stereocenters. The van der Waals surface area contributed by atoms with Crippen molar-refractivity contribution in [1.82, 2.24) is 9.38 Å². The smallest absolute Gasteiger partial charge is 0.296 e. The number of hydrogen-bond donors (Lipinski definition) is 0. The van der Waals surface area contributed by atoms with Crippen LogP contribution in [-0.2, 0) is 6.18 Å². The second kappa shape index (κ2) is 3.50. The molecule has 0 aliphatic carbocycles. The third kappa shape index (κ3) is 1.77. The highest BCUT2D eigenvalue weighted by atomic mass is 19.4. The van der Waals surface area contributed by atoms with Crippen molar-refractivity contribution in [3.8, 4) is 0 Å². The predicted octanol–water partition coefficient (Wildman–Crippen LogP) is 3.48. The van der Waals surface area contributed by atoms with Gasteiger partial charge in [0.2, 0.25) is 0 Å². The minimum absolute atomic E-state index is 0.274. The second-order valence-electron chi connectivity index (χ2n) is 3.98. The zero-order valence-electron chi connectivity index (χ0n) is 8.92. The summed E-state index contributed by atoms with van der Waals surface area (Å²) in [5.41, 5.74) is 0.572. The molecule has 0 aliphatic heterocycles. The van der Waals surface area contributed by atoms with E-state index >= 15 is 0 Å². The molecule has 2 aromatic heterocycles. The predicted molar refractivity (Wildman–Crippen MR) is 54.3 cm³/mol. The Balaban J connectivity index is 2.59. The monoisotopic (exact) mass is 228 g/mol. The van der Waals surface area contributed by atoms with Crippen LogP contribution < -0.4 is 0 Å². The lowest BCUT2D eigenvalue weighted by Gasteiger charge is -2.08.